The van der Waals surface area contributed by atoms with E-state index in [2.05, 4.69) is 5.32 Å². The molecule has 25 heavy (non-hydrogen) atoms. The average Bonchev–Trinajstić information content (AvgIpc) is 2.57. The third kappa shape index (κ3) is 5.25. The normalized spacial score (nSPS) is 11.1. The van der Waals surface area contributed by atoms with Crippen LogP contribution in [0, 0.1) is 11.3 Å². The van der Waals surface area contributed by atoms with Gasteiger partial charge >= 0.3 is 0 Å². The molecule has 0 bridgehead atoms. The summed E-state index contributed by atoms with van der Waals surface area (Å²) in [5.41, 5.74) is 1.01. The van der Waals surface area contributed by atoms with E-state index < -0.39 is 5.91 Å². The number of carbonyl (C=O) groups is 1. The number of rotatable bonds is 5. The zero-order chi connectivity index (χ0) is 18.4. The summed E-state index contributed by atoms with van der Waals surface area (Å²) < 4.78 is 5.56. The molecule has 1 N–H and O–H groups in total. The summed E-state index contributed by atoms with van der Waals surface area (Å²) >= 11 is 12.0. The SMILES string of the molecule is CC(C)Oc1ccc(/C=C(\C#N)C(=O)Nc2cccc(Cl)c2Cl)cc1. The minimum Gasteiger partial charge on any atom is -0.491 e. The van der Waals surface area contributed by atoms with Crippen molar-refractivity contribution in [2.75, 3.05) is 5.32 Å². The van der Waals surface area contributed by atoms with Crippen molar-refractivity contribution in [3.8, 4) is 11.8 Å². The van der Waals surface area contributed by atoms with E-state index >= 15 is 0 Å². The van der Waals surface area contributed by atoms with Crippen molar-refractivity contribution in [3.05, 3.63) is 63.6 Å². The van der Waals surface area contributed by atoms with E-state index in [-0.39, 0.29) is 16.7 Å². The van der Waals surface area contributed by atoms with Gasteiger partial charge in [0.25, 0.3) is 5.91 Å². The first-order valence-corrected chi connectivity index (χ1v) is 8.30. The lowest BCUT2D eigenvalue weighted by Crippen LogP contribution is -2.13. The first-order valence-electron chi connectivity index (χ1n) is 7.54. The quantitative estimate of drug-likeness (QED) is 0.568. The van der Waals surface area contributed by atoms with E-state index in [4.69, 9.17) is 27.9 Å². The molecule has 0 radical (unpaired) electrons. The number of amides is 1. The van der Waals surface area contributed by atoms with Crippen LogP contribution in [0.4, 0.5) is 5.69 Å². The molecule has 6 heteroatoms. The van der Waals surface area contributed by atoms with Crippen LogP contribution in [-0.4, -0.2) is 12.0 Å². The van der Waals surface area contributed by atoms with Crippen molar-refractivity contribution in [1.82, 2.24) is 0 Å². The van der Waals surface area contributed by atoms with Gasteiger partial charge in [-0.1, -0.05) is 41.4 Å². The second-order valence-electron chi connectivity index (χ2n) is 5.46. The van der Waals surface area contributed by atoms with Crippen LogP contribution in [0.25, 0.3) is 6.08 Å². The molecule has 0 saturated carbocycles. The van der Waals surface area contributed by atoms with Crippen LogP contribution >= 0.6 is 23.2 Å². The van der Waals surface area contributed by atoms with Gasteiger partial charge in [0.15, 0.2) is 0 Å². The maximum atomic E-state index is 12.3. The van der Waals surface area contributed by atoms with Crippen molar-refractivity contribution >= 4 is 40.9 Å². The third-order valence-electron chi connectivity index (χ3n) is 3.13. The molecule has 0 unspecified atom stereocenters. The molecule has 1 amide bonds. The minimum atomic E-state index is -0.561. The van der Waals surface area contributed by atoms with Gasteiger partial charge in [0.1, 0.15) is 17.4 Å². The number of benzene rings is 2. The predicted molar refractivity (Wildman–Crippen MR) is 101 cm³/mol. The van der Waals surface area contributed by atoms with E-state index in [1.165, 1.54) is 6.08 Å². The van der Waals surface area contributed by atoms with Crippen LogP contribution < -0.4 is 10.1 Å². The maximum absolute atomic E-state index is 12.3. The van der Waals surface area contributed by atoms with E-state index in [1.54, 1.807) is 42.5 Å². The van der Waals surface area contributed by atoms with Gasteiger partial charge in [-0.15, -0.1) is 0 Å². The summed E-state index contributed by atoms with van der Waals surface area (Å²) in [5, 5.41) is 12.4. The molecule has 0 aromatic heterocycles. The topological polar surface area (TPSA) is 62.1 Å². The molecule has 0 aliphatic rings. The predicted octanol–water partition coefficient (Wildman–Crippen LogP) is 5.33. The van der Waals surface area contributed by atoms with Crippen LogP contribution in [0.3, 0.4) is 0 Å². The van der Waals surface area contributed by atoms with E-state index in [9.17, 15) is 10.1 Å². The van der Waals surface area contributed by atoms with Crippen molar-refractivity contribution in [3.63, 3.8) is 0 Å². The average molecular weight is 375 g/mol. The molecular weight excluding hydrogens is 359 g/mol. The van der Waals surface area contributed by atoms with Crippen LogP contribution in [0.2, 0.25) is 10.0 Å². The van der Waals surface area contributed by atoms with Gasteiger partial charge in [0.05, 0.1) is 21.8 Å². The summed E-state index contributed by atoms with van der Waals surface area (Å²) in [6, 6.07) is 13.9. The highest BCUT2D eigenvalue weighted by molar-refractivity contribution is 6.44. The Hall–Kier alpha value is -2.48. The van der Waals surface area contributed by atoms with Crippen LogP contribution in [0.15, 0.2) is 48.0 Å². The van der Waals surface area contributed by atoms with Crippen molar-refractivity contribution in [1.29, 1.82) is 5.26 Å². The van der Waals surface area contributed by atoms with Crippen molar-refractivity contribution < 1.29 is 9.53 Å². The van der Waals surface area contributed by atoms with Gasteiger partial charge in [-0.2, -0.15) is 5.26 Å². The summed E-state index contributed by atoms with van der Waals surface area (Å²) in [6.07, 6.45) is 1.57. The second kappa shape index (κ2) is 8.57. The number of anilines is 1. The highest BCUT2D eigenvalue weighted by Gasteiger charge is 2.12. The highest BCUT2D eigenvalue weighted by Crippen LogP contribution is 2.29. The molecule has 0 saturated heterocycles. The molecule has 4 nitrogen and oxygen atoms in total. The number of nitrogens with zero attached hydrogens (tertiary/aromatic N) is 1. The lowest BCUT2D eigenvalue weighted by Gasteiger charge is -2.09. The molecule has 0 fully saturated rings. The number of ether oxygens (including phenoxy) is 1. The largest absolute Gasteiger partial charge is 0.491 e. The Labute approximate surface area is 156 Å². The molecule has 0 heterocycles. The van der Waals surface area contributed by atoms with Gasteiger partial charge in [0.2, 0.25) is 0 Å². The zero-order valence-corrected chi connectivity index (χ0v) is 15.2. The fourth-order valence-corrected chi connectivity index (χ4v) is 2.37. The van der Waals surface area contributed by atoms with Gasteiger partial charge < -0.3 is 10.1 Å². The molecule has 0 spiro atoms. The highest BCUT2D eigenvalue weighted by atomic mass is 35.5. The smallest absolute Gasteiger partial charge is 0.266 e. The lowest BCUT2D eigenvalue weighted by molar-refractivity contribution is -0.112. The van der Waals surface area contributed by atoms with Gasteiger partial charge in [-0.25, -0.2) is 0 Å². The first-order chi connectivity index (χ1) is 11.9. The number of nitriles is 1. The molecule has 0 aliphatic carbocycles. The van der Waals surface area contributed by atoms with Crippen LogP contribution in [0.5, 0.6) is 5.75 Å². The Morgan fingerprint density at radius 1 is 1.20 bits per heavy atom. The molecule has 0 atom stereocenters. The molecule has 0 aliphatic heterocycles. The molecular formula is C19H16Cl2N2O2. The fourth-order valence-electron chi connectivity index (χ4n) is 2.02. The standard InChI is InChI=1S/C19H16Cl2N2O2/c1-12(2)25-15-8-6-13(7-9-15)10-14(11-22)19(24)23-17-5-3-4-16(20)18(17)21/h3-10,12H,1-2H3,(H,23,24)/b14-10+. The van der Waals surface area contributed by atoms with Crippen LogP contribution in [0.1, 0.15) is 19.4 Å². The molecule has 128 valence electrons. The maximum Gasteiger partial charge on any atom is 0.266 e. The number of nitrogens with one attached hydrogen (secondary N) is 1. The number of carbonyl (C=O) groups excluding carboxylic acids is 1. The fraction of sp³-hybridized carbons (Fsp3) is 0.158. The minimum absolute atomic E-state index is 0.0476. The Morgan fingerprint density at radius 2 is 1.88 bits per heavy atom. The second-order valence-corrected chi connectivity index (χ2v) is 6.25. The van der Waals surface area contributed by atoms with Gasteiger partial charge in [-0.05, 0) is 49.8 Å². The molecule has 2 aromatic carbocycles. The number of hydrogen-bond acceptors (Lipinski definition) is 3. The number of halogens is 2. The first kappa shape index (κ1) is 18.9. The summed E-state index contributed by atoms with van der Waals surface area (Å²) in [5.74, 6) is 0.162. The van der Waals surface area contributed by atoms with Crippen molar-refractivity contribution in [2.45, 2.75) is 20.0 Å². The number of hydrogen-bond donors (Lipinski definition) is 1. The Bertz CT molecular complexity index is 837. The Morgan fingerprint density at radius 3 is 2.48 bits per heavy atom. The van der Waals surface area contributed by atoms with Gasteiger partial charge in [0, 0.05) is 0 Å². The summed E-state index contributed by atoms with van der Waals surface area (Å²) in [6.45, 7) is 3.87. The lowest BCUT2D eigenvalue weighted by atomic mass is 10.1. The molecule has 2 rings (SSSR count). The van der Waals surface area contributed by atoms with E-state index in [0.717, 1.165) is 5.75 Å². The van der Waals surface area contributed by atoms with Crippen molar-refractivity contribution in [2.24, 2.45) is 0 Å². The summed E-state index contributed by atoms with van der Waals surface area (Å²) in [4.78, 5) is 12.3. The Kier molecular flexibility index (Phi) is 6.46. The molecule has 2 aromatic rings. The van der Waals surface area contributed by atoms with Crippen LogP contribution in [-0.2, 0) is 4.79 Å². The van der Waals surface area contributed by atoms with E-state index in [1.807, 2.05) is 19.9 Å². The summed E-state index contributed by atoms with van der Waals surface area (Å²) in [7, 11) is 0. The third-order valence-corrected chi connectivity index (χ3v) is 3.95. The van der Waals surface area contributed by atoms with Gasteiger partial charge in [-0.3, -0.25) is 4.79 Å². The Balaban J connectivity index is 2.18. The zero-order valence-electron chi connectivity index (χ0n) is 13.7. The monoisotopic (exact) mass is 374 g/mol. The van der Waals surface area contributed by atoms with E-state index in [0.29, 0.717) is 16.3 Å².